The highest BCUT2D eigenvalue weighted by Gasteiger charge is 2.17. The van der Waals surface area contributed by atoms with Crippen molar-refractivity contribution in [2.45, 2.75) is 26.7 Å². The number of amides is 1. The number of ether oxygens (including phenoxy) is 1. The van der Waals surface area contributed by atoms with E-state index in [-0.39, 0.29) is 21.5 Å². The van der Waals surface area contributed by atoms with Gasteiger partial charge in [0.2, 0.25) is 0 Å². The van der Waals surface area contributed by atoms with Gasteiger partial charge in [0.1, 0.15) is 0 Å². The fourth-order valence-electron chi connectivity index (χ4n) is 2.39. The highest BCUT2D eigenvalue weighted by Crippen LogP contribution is 2.28. The molecule has 0 aliphatic rings. The SMILES string of the molecule is Cc1cccc(C(C)C)c1NC(=O)COC(=O)c1cccc(Cl)c1Cl. The number of rotatable bonds is 5. The van der Waals surface area contributed by atoms with Crippen LogP contribution in [0.4, 0.5) is 5.69 Å². The predicted octanol–water partition coefficient (Wildman–Crippen LogP) is 5.22. The molecule has 2 aromatic carbocycles. The lowest BCUT2D eigenvalue weighted by atomic mass is 9.98. The van der Waals surface area contributed by atoms with Gasteiger partial charge in [-0.15, -0.1) is 0 Å². The molecule has 0 atom stereocenters. The highest BCUT2D eigenvalue weighted by molar-refractivity contribution is 6.43. The van der Waals surface area contributed by atoms with Crippen molar-refractivity contribution < 1.29 is 14.3 Å². The van der Waals surface area contributed by atoms with Crippen molar-refractivity contribution in [3.05, 3.63) is 63.1 Å². The first kappa shape index (κ1) is 19.3. The molecule has 0 spiro atoms. The lowest BCUT2D eigenvalue weighted by Crippen LogP contribution is -2.22. The number of aryl methyl sites for hydroxylation is 1. The van der Waals surface area contributed by atoms with Crippen LogP contribution in [0.3, 0.4) is 0 Å². The number of benzene rings is 2. The van der Waals surface area contributed by atoms with E-state index < -0.39 is 18.5 Å². The van der Waals surface area contributed by atoms with E-state index in [1.807, 2.05) is 39.0 Å². The lowest BCUT2D eigenvalue weighted by Gasteiger charge is -2.16. The van der Waals surface area contributed by atoms with Gasteiger partial charge in [-0.2, -0.15) is 0 Å². The second-order valence-electron chi connectivity index (χ2n) is 5.92. The Kier molecular flexibility index (Phi) is 6.45. The van der Waals surface area contributed by atoms with E-state index in [4.69, 9.17) is 27.9 Å². The zero-order chi connectivity index (χ0) is 18.6. The third kappa shape index (κ3) is 4.74. The first-order valence-electron chi connectivity index (χ1n) is 7.81. The van der Waals surface area contributed by atoms with Gasteiger partial charge in [0.25, 0.3) is 5.91 Å². The molecule has 0 aliphatic carbocycles. The standard InChI is InChI=1S/C19H19Cl2NO3/c1-11(2)13-7-4-6-12(3)18(13)22-16(23)10-25-19(24)14-8-5-9-15(20)17(14)21/h4-9,11H,10H2,1-3H3,(H,22,23). The van der Waals surface area contributed by atoms with Crippen molar-refractivity contribution in [3.63, 3.8) is 0 Å². The summed E-state index contributed by atoms with van der Waals surface area (Å²) >= 11 is 11.8. The summed E-state index contributed by atoms with van der Waals surface area (Å²) in [5, 5.41) is 3.18. The van der Waals surface area contributed by atoms with Crippen molar-refractivity contribution in [3.8, 4) is 0 Å². The zero-order valence-corrected chi connectivity index (χ0v) is 15.7. The van der Waals surface area contributed by atoms with Crippen LogP contribution in [0.2, 0.25) is 10.0 Å². The Bertz CT molecular complexity index is 803. The molecular formula is C19H19Cl2NO3. The van der Waals surface area contributed by atoms with E-state index in [1.165, 1.54) is 6.07 Å². The molecule has 0 bridgehead atoms. The largest absolute Gasteiger partial charge is 0.452 e. The van der Waals surface area contributed by atoms with E-state index >= 15 is 0 Å². The van der Waals surface area contributed by atoms with Crippen LogP contribution in [0.25, 0.3) is 0 Å². The number of hydrogen-bond acceptors (Lipinski definition) is 3. The molecule has 1 N–H and O–H groups in total. The minimum Gasteiger partial charge on any atom is -0.452 e. The maximum atomic E-state index is 12.2. The molecule has 2 aromatic rings. The van der Waals surface area contributed by atoms with E-state index in [0.29, 0.717) is 0 Å². The molecule has 132 valence electrons. The van der Waals surface area contributed by atoms with Crippen molar-refractivity contribution >= 4 is 40.8 Å². The van der Waals surface area contributed by atoms with Crippen LogP contribution < -0.4 is 5.32 Å². The van der Waals surface area contributed by atoms with E-state index in [1.54, 1.807) is 12.1 Å². The molecule has 2 rings (SSSR count). The molecule has 0 heterocycles. The Hall–Kier alpha value is -2.04. The fourth-order valence-corrected chi connectivity index (χ4v) is 2.77. The average molecular weight is 380 g/mol. The molecule has 0 saturated carbocycles. The molecule has 0 unspecified atom stereocenters. The van der Waals surface area contributed by atoms with Gasteiger partial charge >= 0.3 is 5.97 Å². The summed E-state index contributed by atoms with van der Waals surface area (Å²) in [4.78, 5) is 24.3. The highest BCUT2D eigenvalue weighted by atomic mass is 35.5. The van der Waals surface area contributed by atoms with Gasteiger partial charge in [0.15, 0.2) is 6.61 Å². The molecular weight excluding hydrogens is 361 g/mol. The van der Waals surface area contributed by atoms with Crippen LogP contribution >= 0.6 is 23.2 Å². The molecule has 0 saturated heterocycles. The molecule has 0 radical (unpaired) electrons. The normalized spacial score (nSPS) is 10.6. The van der Waals surface area contributed by atoms with Gasteiger partial charge in [-0.3, -0.25) is 4.79 Å². The van der Waals surface area contributed by atoms with Gasteiger partial charge in [0, 0.05) is 5.69 Å². The Labute approximate surface area is 157 Å². The summed E-state index contributed by atoms with van der Waals surface area (Å²) in [6.45, 7) is 5.60. The summed E-state index contributed by atoms with van der Waals surface area (Å²) < 4.78 is 5.04. The molecule has 0 fully saturated rings. The van der Waals surface area contributed by atoms with Gasteiger partial charge in [-0.05, 0) is 36.1 Å². The van der Waals surface area contributed by atoms with Crippen molar-refractivity contribution in [1.29, 1.82) is 0 Å². The second kappa shape index (κ2) is 8.37. The van der Waals surface area contributed by atoms with Crippen LogP contribution in [0.1, 0.15) is 41.3 Å². The van der Waals surface area contributed by atoms with Crippen LogP contribution in [0.5, 0.6) is 0 Å². The predicted molar refractivity (Wildman–Crippen MR) is 101 cm³/mol. The first-order chi connectivity index (χ1) is 11.8. The minimum absolute atomic E-state index is 0.107. The Morgan fingerprint density at radius 1 is 1.12 bits per heavy atom. The lowest BCUT2D eigenvalue weighted by molar-refractivity contribution is -0.119. The number of halogens is 2. The minimum atomic E-state index is -0.698. The summed E-state index contributed by atoms with van der Waals surface area (Å²) in [6.07, 6.45) is 0. The topological polar surface area (TPSA) is 55.4 Å². The summed E-state index contributed by atoms with van der Waals surface area (Å²) in [6, 6.07) is 10.5. The van der Waals surface area contributed by atoms with Gasteiger partial charge in [-0.25, -0.2) is 4.79 Å². The summed E-state index contributed by atoms with van der Waals surface area (Å²) in [5.74, 6) is -0.859. The molecule has 6 heteroatoms. The first-order valence-corrected chi connectivity index (χ1v) is 8.57. The number of anilines is 1. The molecule has 1 amide bonds. The third-order valence-corrected chi connectivity index (χ3v) is 4.52. The van der Waals surface area contributed by atoms with Crippen molar-refractivity contribution in [2.24, 2.45) is 0 Å². The van der Waals surface area contributed by atoms with E-state index in [9.17, 15) is 9.59 Å². The van der Waals surface area contributed by atoms with Gasteiger partial charge in [0.05, 0.1) is 15.6 Å². The number of carbonyl (C=O) groups is 2. The summed E-state index contributed by atoms with van der Waals surface area (Å²) in [7, 11) is 0. The number of nitrogens with one attached hydrogen (secondary N) is 1. The maximum Gasteiger partial charge on any atom is 0.340 e. The molecule has 25 heavy (non-hydrogen) atoms. The average Bonchev–Trinajstić information content (AvgIpc) is 2.56. The second-order valence-corrected chi connectivity index (χ2v) is 6.70. The van der Waals surface area contributed by atoms with Crippen LogP contribution in [0, 0.1) is 6.92 Å². The van der Waals surface area contributed by atoms with Crippen LogP contribution in [-0.2, 0) is 9.53 Å². The Morgan fingerprint density at radius 2 is 1.80 bits per heavy atom. The summed E-state index contributed by atoms with van der Waals surface area (Å²) in [5.41, 5.74) is 2.85. The quantitative estimate of drug-likeness (QED) is 0.724. The molecule has 0 aliphatic heterocycles. The van der Waals surface area contributed by atoms with Crippen molar-refractivity contribution in [1.82, 2.24) is 0 Å². The van der Waals surface area contributed by atoms with E-state index in [2.05, 4.69) is 5.32 Å². The van der Waals surface area contributed by atoms with Crippen LogP contribution in [-0.4, -0.2) is 18.5 Å². The third-order valence-electron chi connectivity index (χ3n) is 3.70. The fraction of sp³-hybridized carbons (Fsp3) is 0.263. The maximum absolute atomic E-state index is 12.2. The zero-order valence-electron chi connectivity index (χ0n) is 14.2. The Balaban J connectivity index is 2.05. The Morgan fingerprint density at radius 3 is 2.48 bits per heavy atom. The van der Waals surface area contributed by atoms with Crippen molar-refractivity contribution in [2.75, 3.05) is 11.9 Å². The monoisotopic (exact) mass is 379 g/mol. The molecule has 0 aromatic heterocycles. The number of para-hydroxylation sites is 1. The van der Waals surface area contributed by atoms with Gasteiger partial charge in [-0.1, -0.05) is 61.3 Å². The number of hydrogen-bond donors (Lipinski definition) is 1. The van der Waals surface area contributed by atoms with E-state index in [0.717, 1.165) is 16.8 Å². The smallest absolute Gasteiger partial charge is 0.340 e. The molecule has 4 nitrogen and oxygen atoms in total. The number of esters is 1. The van der Waals surface area contributed by atoms with Gasteiger partial charge < -0.3 is 10.1 Å². The van der Waals surface area contributed by atoms with Crippen LogP contribution in [0.15, 0.2) is 36.4 Å². The number of carbonyl (C=O) groups excluding carboxylic acids is 2.